The Balaban J connectivity index is 1.40. The zero-order valence-electron chi connectivity index (χ0n) is 17.7. The van der Waals surface area contributed by atoms with E-state index in [9.17, 15) is 14.6 Å². The fourth-order valence-electron chi connectivity index (χ4n) is 3.65. The number of fused-ring (bicyclic) bond motifs is 3. The number of hydrogen-bond donors (Lipinski definition) is 3. The van der Waals surface area contributed by atoms with Crippen LogP contribution in [0.2, 0.25) is 5.02 Å². The van der Waals surface area contributed by atoms with E-state index in [1.54, 1.807) is 30.3 Å². The van der Waals surface area contributed by atoms with Crippen molar-refractivity contribution in [2.24, 2.45) is 0 Å². The molecule has 2 aromatic heterocycles. The molecule has 0 fully saturated rings. The number of anilines is 2. The molecule has 1 atom stereocenters. The first kappa shape index (κ1) is 22.5. The highest BCUT2D eigenvalue weighted by molar-refractivity contribution is 7.25. The molecule has 2 heterocycles. The second kappa shape index (κ2) is 9.52. The Bertz CT molecular complexity index is 1490. The summed E-state index contributed by atoms with van der Waals surface area (Å²) >= 11 is 7.92. The summed E-state index contributed by atoms with van der Waals surface area (Å²) in [4.78, 5) is 9.60. The number of nitrogens with zero attached hydrogens (tertiary/aromatic N) is 2. The molecule has 0 aliphatic carbocycles. The van der Waals surface area contributed by atoms with E-state index in [0.29, 0.717) is 27.7 Å². The van der Waals surface area contributed by atoms with E-state index in [4.69, 9.17) is 16.3 Å². The average molecular weight is 496 g/mol. The topological polar surface area (TPSA) is 87.5 Å². The third-order valence-electron chi connectivity index (χ3n) is 5.33. The van der Waals surface area contributed by atoms with Crippen LogP contribution in [-0.4, -0.2) is 26.8 Å². The summed E-state index contributed by atoms with van der Waals surface area (Å²) in [5, 5.41) is 24.7. The van der Waals surface area contributed by atoms with Crippen molar-refractivity contribution in [1.82, 2.24) is 9.97 Å². The summed E-state index contributed by atoms with van der Waals surface area (Å²) in [6.45, 7) is -0.142. The smallest absolute Gasteiger partial charge is 0.143 e. The van der Waals surface area contributed by atoms with Crippen LogP contribution < -0.4 is 10.1 Å². The van der Waals surface area contributed by atoms with Crippen molar-refractivity contribution in [2.75, 3.05) is 11.9 Å². The maximum Gasteiger partial charge on any atom is 0.143 e. The van der Waals surface area contributed by atoms with Crippen molar-refractivity contribution in [2.45, 2.75) is 12.7 Å². The molecule has 5 aromatic rings. The van der Waals surface area contributed by atoms with E-state index in [-0.39, 0.29) is 19.0 Å². The lowest BCUT2D eigenvalue weighted by Crippen LogP contribution is -2.01. The maximum absolute atomic E-state index is 13.4. The van der Waals surface area contributed by atoms with Gasteiger partial charge in [0.15, 0.2) is 0 Å². The number of aliphatic hydroxyl groups excluding tert-OH is 2. The molecule has 172 valence electrons. The van der Waals surface area contributed by atoms with Crippen molar-refractivity contribution in [3.05, 3.63) is 89.0 Å². The molecule has 0 bridgehead atoms. The van der Waals surface area contributed by atoms with Gasteiger partial charge in [0, 0.05) is 15.8 Å². The summed E-state index contributed by atoms with van der Waals surface area (Å²) in [5.74, 6) is 0.793. The van der Waals surface area contributed by atoms with Crippen LogP contribution >= 0.6 is 22.9 Å². The lowest BCUT2D eigenvalue weighted by molar-refractivity contribution is 0.0957. The van der Waals surface area contributed by atoms with Gasteiger partial charge in [-0.1, -0.05) is 35.9 Å². The van der Waals surface area contributed by atoms with Crippen LogP contribution in [0.15, 0.2) is 67.0 Å². The number of hydrogen-bond acceptors (Lipinski definition) is 7. The van der Waals surface area contributed by atoms with Crippen molar-refractivity contribution in [3.63, 3.8) is 0 Å². The number of aliphatic hydroxyl groups is 2. The molecule has 3 aromatic carbocycles. The molecule has 0 saturated heterocycles. The standard InChI is InChI=1S/C25H19ClFN3O3S/c26-19-10-17(5-7-21(19)33-12-14-2-1-3-16(27)8-14)30-24-23-18-6-4-15(20(32)11-31)9-22(18)34-25(23)29-13-28-24/h1-10,13,20,31-32H,11-12H2,(H,28,29,30)/t20-/m1/s1. The molecule has 3 N–H and O–H groups in total. The zero-order valence-corrected chi connectivity index (χ0v) is 19.3. The molecule has 5 rings (SSSR count). The van der Waals surface area contributed by atoms with Gasteiger partial charge < -0.3 is 20.3 Å². The average Bonchev–Trinajstić information content (AvgIpc) is 3.22. The molecule has 34 heavy (non-hydrogen) atoms. The summed E-state index contributed by atoms with van der Waals surface area (Å²) in [5.41, 5.74) is 2.07. The van der Waals surface area contributed by atoms with Gasteiger partial charge in [-0.05, 0) is 47.5 Å². The van der Waals surface area contributed by atoms with E-state index >= 15 is 0 Å². The summed E-state index contributed by atoms with van der Waals surface area (Å²) in [7, 11) is 0. The highest BCUT2D eigenvalue weighted by atomic mass is 35.5. The van der Waals surface area contributed by atoms with Crippen molar-refractivity contribution in [3.8, 4) is 5.75 Å². The van der Waals surface area contributed by atoms with Gasteiger partial charge in [-0.2, -0.15) is 0 Å². The Kier molecular flexibility index (Phi) is 6.30. The van der Waals surface area contributed by atoms with E-state index in [1.165, 1.54) is 29.8 Å². The van der Waals surface area contributed by atoms with Crippen LogP contribution in [0.5, 0.6) is 5.75 Å². The molecule has 0 aliphatic heterocycles. The van der Waals surface area contributed by atoms with Crippen molar-refractivity contribution < 1.29 is 19.3 Å². The van der Waals surface area contributed by atoms with Crippen LogP contribution in [0, 0.1) is 5.82 Å². The molecular formula is C25H19ClFN3O3S. The van der Waals surface area contributed by atoms with Gasteiger partial charge in [0.25, 0.3) is 0 Å². The first-order valence-electron chi connectivity index (χ1n) is 10.4. The Hall–Kier alpha value is -3.30. The van der Waals surface area contributed by atoms with Crippen LogP contribution in [0.4, 0.5) is 15.9 Å². The highest BCUT2D eigenvalue weighted by Crippen LogP contribution is 2.38. The van der Waals surface area contributed by atoms with E-state index in [0.717, 1.165) is 26.0 Å². The van der Waals surface area contributed by atoms with Gasteiger partial charge in [-0.15, -0.1) is 11.3 Å². The summed E-state index contributed by atoms with van der Waals surface area (Å²) in [6.07, 6.45) is 0.559. The van der Waals surface area contributed by atoms with Gasteiger partial charge in [0.05, 0.1) is 17.0 Å². The first-order valence-corrected chi connectivity index (χ1v) is 11.6. The number of nitrogens with one attached hydrogen (secondary N) is 1. The fourth-order valence-corrected chi connectivity index (χ4v) is 4.98. The summed E-state index contributed by atoms with van der Waals surface area (Å²) in [6, 6.07) is 17.1. The molecule has 9 heteroatoms. The lowest BCUT2D eigenvalue weighted by atomic mass is 10.1. The summed E-state index contributed by atoms with van der Waals surface area (Å²) < 4.78 is 20.1. The Morgan fingerprint density at radius 1 is 1.09 bits per heavy atom. The molecular weight excluding hydrogens is 477 g/mol. The molecule has 0 spiro atoms. The van der Waals surface area contributed by atoms with E-state index in [1.807, 2.05) is 18.2 Å². The fraction of sp³-hybridized carbons (Fsp3) is 0.120. The van der Waals surface area contributed by atoms with Crippen LogP contribution in [-0.2, 0) is 6.61 Å². The van der Waals surface area contributed by atoms with Crippen LogP contribution in [0.3, 0.4) is 0 Å². The second-order valence-electron chi connectivity index (χ2n) is 7.65. The minimum absolute atomic E-state index is 0.199. The Morgan fingerprint density at radius 3 is 2.76 bits per heavy atom. The normalized spacial score (nSPS) is 12.2. The van der Waals surface area contributed by atoms with Crippen molar-refractivity contribution in [1.29, 1.82) is 0 Å². The molecule has 0 unspecified atom stereocenters. The quantitative estimate of drug-likeness (QED) is 0.257. The van der Waals surface area contributed by atoms with Crippen molar-refractivity contribution >= 4 is 54.7 Å². The molecule has 0 amide bonds. The maximum atomic E-state index is 13.4. The number of ether oxygens (including phenoxy) is 1. The van der Waals surface area contributed by atoms with E-state index in [2.05, 4.69) is 15.3 Å². The number of rotatable bonds is 7. The first-order chi connectivity index (χ1) is 16.5. The van der Waals surface area contributed by atoms with Crippen LogP contribution in [0.25, 0.3) is 20.3 Å². The van der Waals surface area contributed by atoms with Crippen LogP contribution in [0.1, 0.15) is 17.2 Å². The zero-order chi connectivity index (χ0) is 23.7. The van der Waals surface area contributed by atoms with Gasteiger partial charge >= 0.3 is 0 Å². The number of thiophene rings is 1. The SMILES string of the molecule is OC[C@@H](O)c1ccc2c(c1)sc1ncnc(Nc3ccc(OCc4cccc(F)c4)c(Cl)c3)c12. The lowest BCUT2D eigenvalue weighted by Gasteiger charge is -2.11. The van der Waals surface area contributed by atoms with Gasteiger partial charge in [0.1, 0.15) is 41.3 Å². The molecule has 0 radical (unpaired) electrons. The monoisotopic (exact) mass is 495 g/mol. The largest absolute Gasteiger partial charge is 0.487 e. The van der Waals surface area contributed by atoms with Gasteiger partial charge in [0.2, 0.25) is 0 Å². The Morgan fingerprint density at radius 2 is 1.97 bits per heavy atom. The molecule has 0 aliphatic rings. The highest BCUT2D eigenvalue weighted by Gasteiger charge is 2.15. The third-order valence-corrected chi connectivity index (χ3v) is 6.69. The van der Waals surface area contributed by atoms with Gasteiger partial charge in [-0.25, -0.2) is 14.4 Å². The van der Waals surface area contributed by atoms with E-state index < -0.39 is 6.10 Å². The Labute approximate surface area is 203 Å². The van der Waals surface area contributed by atoms with Gasteiger partial charge in [-0.3, -0.25) is 0 Å². The second-order valence-corrected chi connectivity index (χ2v) is 9.09. The predicted octanol–water partition coefficient (Wildman–Crippen LogP) is 5.99. The third kappa shape index (κ3) is 4.53. The number of benzene rings is 3. The minimum atomic E-state index is -0.929. The number of halogens is 2. The predicted molar refractivity (Wildman–Crippen MR) is 132 cm³/mol. The molecule has 6 nitrogen and oxygen atoms in total. The minimum Gasteiger partial charge on any atom is -0.487 e. The number of aromatic nitrogens is 2. The molecule has 0 saturated carbocycles.